The molecule has 4 nitrogen and oxygen atoms in total. The Bertz CT molecular complexity index is 525. The molecule has 2 aromatic heterocycles. The number of thiophene rings is 1. The summed E-state index contributed by atoms with van der Waals surface area (Å²) in [5.41, 5.74) is 4.80. The molecule has 1 atom stereocenters. The average molecular weight is 350 g/mol. The van der Waals surface area contributed by atoms with E-state index in [9.17, 15) is 0 Å². The van der Waals surface area contributed by atoms with Gasteiger partial charge < -0.3 is 0 Å². The summed E-state index contributed by atoms with van der Waals surface area (Å²) in [6.45, 7) is 2.93. The topological polar surface area (TPSA) is 55.9 Å². The second kappa shape index (κ2) is 6.16. The Morgan fingerprint density at radius 3 is 3.00 bits per heavy atom. The molecule has 7 heteroatoms. The van der Waals surface area contributed by atoms with Gasteiger partial charge >= 0.3 is 0 Å². The first-order valence-electron chi connectivity index (χ1n) is 5.58. The smallest absolute Gasteiger partial charge is 0.0901 e. The van der Waals surface area contributed by atoms with Gasteiger partial charge in [-0.2, -0.15) is 5.10 Å². The van der Waals surface area contributed by atoms with Crippen molar-refractivity contribution in [2.45, 2.75) is 25.9 Å². The SMILES string of the molecule is CCCn1ncc(Cl)c1C(NN)c1csc(Br)c1. The minimum absolute atomic E-state index is 0.144. The molecule has 0 fully saturated rings. The fraction of sp³-hybridized carbons (Fsp3) is 0.364. The van der Waals surface area contributed by atoms with Gasteiger partial charge in [-0.1, -0.05) is 18.5 Å². The van der Waals surface area contributed by atoms with Crippen molar-refractivity contribution in [3.63, 3.8) is 0 Å². The molecule has 0 saturated heterocycles. The monoisotopic (exact) mass is 348 g/mol. The fourth-order valence-corrected chi connectivity index (χ4v) is 3.31. The van der Waals surface area contributed by atoms with Crippen LogP contribution >= 0.6 is 38.9 Å². The second-order valence-electron chi connectivity index (χ2n) is 3.88. The molecule has 18 heavy (non-hydrogen) atoms. The number of aryl methyl sites for hydroxylation is 1. The van der Waals surface area contributed by atoms with Gasteiger partial charge in [-0.15, -0.1) is 11.3 Å². The zero-order valence-corrected chi connectivity index (χ0v) is 13.0. The van der Waals surface area contributed by atoms with E-state index >= 15 is 0 Å². The second-order valence-corrected chi connectivity index (χ2v) is 6.58. The molecule has 0 spiro atoms. The largest absolute Gasteiger partial charge is 0.271 e. The Labute approximate surface area is 123 Å². The molecule has 0 aliphatic rings. The molecule has 0 radical (unpaired) electrons. The molecule has 0 bridgehead atoms. The van der Waals surface area contributed by atoms with E-state index in [4.69, 9.17) is 17.4 Å². The maximum Gasteiger partial charge on any atom is 0.0901 e. The van der Waals surface area contributed by atoms with E-state index in [0.717, 1.165) is 28.0 Å². The van der Waals surface area contributed by atoms with Crippen molar-refractivity contribution >= 4 is 38.9 Å². The number of halogens is 2. The van der Waals surface area contributed by atoms with Crippen LogP contribution in [0.15, 0.2) is 21.4 Å². The lowest BCUT2D eigenvalue weighted by Gasteiger charge is -2.17. The minimum Gasteiger partial charge on any atom is -0.271 e. The van der Waals surface area contributed by atoms with E-state index in [-0.39, 0.29) is 6.04 Å². The van der Waals surface area contributed by atoms with Crippen LogP contribution in [0, 0.1) is 0 Å². The molecular weight excluding hydrogens is 336 g/mol. The summed E-state index contributed by atoms with van der Waals surface area (Å²) in [7, 11) is 0. The van der Waals surface area contributed by atoms with Crippen LogP contribution in [0.4, 0.5) is 0 Å². The predicted octanol–water partition coefficient (Wildman–Crippen LogP) is 3.32. The number of aromatic nitrogens is 2. The molecule has 2 rings (SSSR count). The van der Waals surface area contributed by atoms with Gasteiger partial charge in [0, 0.05) is 6.54 Å². The molecule has 2 aromatic rings. The molecule has 0 amide bonds. The molecule has 1 unspecified atom stereocenters. The van der Waals surface area contributed by atoms with E-state index < -0.39 is 0 Å². The van der Waals surface area contributed by atoms with Gasteiger partial charge in [-0.3, -0.25) is 10.5 Å². The van der Waals surface area contributed by atoms with Crippen LogP contribution in [-0.4, -0.2) is 9.78 Å². The maximum atomic E-state index is 6.22. The highest BCUT2D eigenvalue weighted by Crippen LogP contribution is 2.32. The maximum absolute atomic E-state index is 6.22. The first kappa shape index (κ1) is 14.0. The number of hydrazine groups is 1. The molecule has 3 N–H and O–H groups in total. The van der Waals surface area contributed by atoms with Crippen molar-refractivity contribution in [3.05, 3.63) is 37.7 Å². The lowest BCUT2D eigenvalue weighted by Crippen LogP contribution is -2.30. The standard InChI is InChI=1S/C11H14BrClN4S/c1-2-3-17-11(8(13)5-15-17)10(16-14)7-4-9(12)18-6-7/h4-6,10,16H,2-3,14H2,1H3. The van der Waals surface area contributed by atoms with Crippen molar-refractivity contribution in [3.8, 4) is 0 Å². The van der Waals surface area contributed by atoms with Crippen molar-refractivity contribution in [2.24, 2.45) is 5.84 Å². The van der Waals surface area contributed by atoms with E-state index in [1.54, 1.807) is 17.5 Å². The summed E-state index contributed by atoms with van der Waals surface area (Å²) in [6, 6.07) is 1.89. The number of hydrogen-bond donors (Lipinski definition) is 2. The van der Waals surface area contributed by atoms with Crippen LogP contribution in [0.1, 0.15) is 30.6 Å². The summed E-state index contributed by atoms with van der Waals surface area (Å²) in [4.78, 5) is 0. The molecule has 0 saturated carbocycles. The van der Waals surface area contributed by atoms with Crippen LogP contribution in [0.2, 0.25) is 5.02 Å². The number of hydrogen-bond acceptors (Lipinski definition) is 4. The molecule has 0 aliphatic heterocycles. The normalized spacial score (nSPS) is 12.9. The van der Waals surface area contributed by atoms with Gasteiger partial charge in [-0.05, 0) is 39.4 Å². The Balaban J connectivity index is 2.41. The highest BCUT2D eigenvalue weighted by Gasteiger charge is 2.21. The van der Waals surface area contributed by atoms with Crippen molar-refractivity contribution in [1.82, 2.24) is 15.2 Å². The zero-order valence-electron chi connectivity index (χ0n) is 9.86. The highest BCUT2D eigenvalue weighted by atomic mass is 79.9. The van der Waals surface area contributed by atoms with Crippen LogP contribution < -0.4 is 11.3 Å². The summed E-state index contributed by atoms with van der Waals surface area (Å²) in [5.74, 6) is 5.68. The Morgan fingerprint density at radius 2 is 2.44 bits per heavy atom. The Kier molecular flexibility index (Phi) is 4.80. The Hall–Kier alpha value is -0.400. The van der Waals surface area contributed by atoms with Gasteiger partial charge in [0.25, 0.3) is 0 Å². The number of nitrogens with zero attached hydrogens (tertiary/aromatic N) is 2. The van der Waals surface area contributed by atoms with Crippen LogP contribution in [0.5, 0.6) is 0 Å². The van der Waals surface area contributed by atoms with Gasteiger partial charge in [0.1, 0.15) is 0 Å². The summed E-state index contributed by atoms with van der Waals surface area (Å²) in [6.07, 6.45) is 2.66. The lowest BCUT2D eigenvalue weighted by molar-refractivity contribution is 0.521. The fourth-order valence-electron chi connectivity index (χ4n) is 1.86. The van der Waals surface area contributed by atoms with E-state index in [1.165, 1.54) is 0 Å². The zero-order chi connectivity index (χ0) is 13.1. The third-order valence-electron chi connectivity index (χ3n) is 2.63. The van der Waals surface area contributed by atoms with Crippen LogP contribution in [0.3, 0.4) is 0 Å². The summed E-state index contributed by atoms with van der Waals surface area (Å²) in [5, 5.41) is 6.97. The molecular formula is C11H14BrClN4S. The highest BCUT2D eigenvalue weighted by molar-refractivity contribution is 9.11. The molecule has 0 aliphatic carbocycles. The van der Waals surface area contributed by atoms with E-state index in [0.29, 0.717) is 5.02 Å². The Morgan fingerprint density at radius 1 is 1.67 bits per heavy atom. The van der Waals surface area contributed by atoms with Gasteiger partial charge in [0.15, 0.2) is 0 Å². The van der Waals surface area contributed by atoms with Gasteiger partial charge in [-0.25, -0.2) is 5.43 Å². The average Bonchev–Trinajstić information content (AvgIpc) is 2.91. The van der Waals surface area contributed by atoms with Gasteiger partial charge in [0.05, 0.1) is 26.7 Å². The quantitative estimate of drug-likeness (QED) is 0.643. The number of nitrogens with one attached hydrogen (secondary N) is 1. The van der Waals surface area contributed by atoms with Crippen molar-refractivity contribution in [2.75, 3.05) is 0 Å². The first-order valence-corrected chi connectivity index (χ1v) is 7.63. The summed E-state index contributed by atoms with van der Waals surface area (Å²) < 4.78 is 2.97. The van der Waals surface area contributed by atoms with E-state index in [2.05, 4.69) is 33.4 Å². The third-order valence-corrected chi connectivity index (χ3v) is 4.44. The van der Waals surface area contributed by atoms with Crippen molar-refractivity contribution in [1.29, 1.82) is 0 Å². The van der Waals surface area contributed by atoms with Crippen molar-refractivity contribution < 1.29 is 0 Å². The first-order chi connectivity index (χ1) is 8.67. The number of nitrogens with two attached hydrogens (primary N) is 1. The van der Waals surface area contributed by atoms with Crippen LogP contribution in [0.25, 0.3) is 0 Å². The van der Waals surface area contributed by atoms with Crippen LogP contribution in [-0.2, 0) is 6.54 Å². The lowest BCUT2D eigenvalue weighted by atomic mass is 10.1. The minimum atomic E-state index is -0.144. The summed E-state index contributed by atoms with van der Waals surface area (Å²) >= 11 is 11.3. The molecule has 0 aromatic carbocycles. The van der Waals surface area contributed by atoms with E-state index in [1.807, 2.05) is 16.1 Å². The number of rotatable bonds is 5. The molecule has 98 valence electrons. The van der Waals surface area contributed by atoms with Gasteiger partial charge in [0.2, 0.25) is 0 Å². The predicted molar refractivity (Wildman–Crippen MR) is 78.7 cm³/mol. The third kappa shape index (κ3) is 2.78. The molecule has 2 heterocycles.